The van der Waals surface area contributed by atoms with Crippen molar-refractivity contribution < 1.29 is 23.8 Å². The number of nitrogens with zero attached hydrogens (tertiary/aromatic N) is 1. The summed E-state index contributed by atoms with van der Waals surface area (Å²) >= 11 is 0. The Balaban J connectivity index is 1.95. The van der Waals surface area contributed by atoms with Crippen molar-refractivity contribution >= 4 is 5.97 Å². The van der Waals surface area contributed by atoms with Gasteiger partial charge in [-0.1, -0.05) is 6.92 Å². The number of morpholine rings is 1. The summed E-state index contributed by atoms with van der Waals surface area (Å²) in [5.74, 6) is -1.60. The highest BCUT2D eigenvalue weighted by molar-refractivity contribution is 5.88. The van der Waals surface area contributed by atoms with Crippen LogP contribution >= 0.6 is 0 Å². The van der Waals surface area contributed by atoms with Gasteiger partial charge in [0, 0.05) is 19.2 Å². The fourth-order valence-corrected chi connectivity index (χ4v) is 2.13. The molecule has 1 fully saturated rings. The molecule has 2 rings (SSSR count). The van der Waals surface area contributed by atoms with Gasteiger partial charge in [-0.15, -0.1) is 0 Å². The Morgan fingerprint density at radius 2 is 2.35 bits per heavy atom. The van der Waals surface area contributed by atoms with Gasteiger partial charge in [0.15, 0.2) is 0 Å². The quantitative estimate of drug-likeness (QED) is 0.890. The van der Waals surface area contributed by atoms with E-state index < -0.39 is 11.8 Å². The zero-order valence-electron chi connectivity index (χ0n) is 11.3. The van der Waals surface area contributed by atoms with E-state index in [0.29, 0.717) is 6.61 Å². The van der Waals surface area contributed by atoms with Gasteiger partial charge in [-0.3, -0.25) is 4.90 Å². The van der Waals surface area contributed by atoms with Gasteiger partial charge in [-0.05, 0) is 18.7 Å². The molecule has 1 N–H and O–H groups in total. The fourth-order valence-electron chi connectivity index (χ4n) is 2.13. The monoisotopic (exact) mass is 283 g/mol. The van der Waals surface area contributed by atoms with E-state index in [9.17, 15) is 9.18 Å². The summed E-state index contributed by atoms with van der Waals surface area (Å²) in [7, 11) is 0. The normalized spacial score (nSPS) is 19.8. The maximum absolute atomic E-state index is 13.3. The van der Waals surface area contributed by atoms with Crippen LogP contribution in [0.1, 0.15) is 17.3 Å². The number of carboxylic acid groups (broad SMARTS) is 1. The molecule has 0 bridgehead atoms. The van der Waals surface area contributed by atoms with E-state index in [-0.39, 0.29) is 24.0 Å². The van der Waals surface area contributed by atoms with Crippen molar-refractivity contribution in [1.29, 1.82) is 0 Å². The molecular formula is C14H18FNO4. The molecule has 5 nitrogen and oxygen atoms in total. The van der Waals surface area contributed by atoms with Crippen LogP contribution in [0.4, 0.5) is 4.39 Å². The summed E-state index contributed by atoms with van der Waals surface area (Å²) in [4.78, 5) is 13.1. The van der Waals surface area contributed by atoms with E-state index in [2.05, 4.69) is 11.8 Å². The number of aromatic carboxylic acids is 1. The van der Waals surface area contributed by atoms with E-state index in [1.54, 1.807) is 0 Å². The molecule has 1 heterocycles. The molecule has 20 heavy (non-hydrogen) atoms. The Kier molecular flexibility index (Phi) is 4.92. The summed E-state index contributed by atoms with van der Waals surface area (Å²) in [5, 5.41) is 8.86. The Hall–Kier alpha value is -1.66. The van der Waals surface area contributed by atoms with Crippen LogP contribution in [-0.2, 0) is 4.74 Å². The zero-order valence-corrected chi connectivity index (χ0v) is 11.3. The predicted octanol–water partition coefficient (Wildman–Crippen LogP) is 1.62. The van der Waals surface area contributed by atoms with Gasteiger partial charge in [0.05, 0.1) is 12.2 Å². The molecule has 0 aliphatic carbocycles. The molecule has 1 aliphatic heterocycles. The number of rotatable bonds is 5. The third-order valence-corrected chi connectivity index (χ3v) is 3.22. The second kappa shape index (κ2) is 6.67. The van der Waals surface area contributed by atoms with Crippen molar-refractivity contribution in [3.8, 4) is 5.75 Å². The lowest BCUT2D eigenvalue weighted by Crippen LogP contribution is -2.44. The standard InChI is InChI=1S/C14H18FNO4/c1-2-16-3-4-19-13(8-16)9-20-12-6-10(14(17)18)5-11(15)7-12/h5-7,13H,2-4,8-9H2,1H3,(H,17,18). The van der Waals surface area contributed by atoms with Gasteiger partial charge in [0.25, 0.3) is 0 Å². The smallest absolute Gasteiger partial charge is 0.335 e. The second-order valence-corrected chi connectivity index (χ2v) is 4.68. The summed E-state index contributed by atoms with van der Waals surface area (Å²) in [6.45, 7) is 5.61. The molecule has 0 saturated carbocycles. The van der Waals surface area contributed by atoms with Crippen molar-refractivity contribution in [2.45, 2.75) is 13.0 Å². The Morgan fingerprint density at radius 3 is 3.05 bits per heavy atom. The van der Waals surface area contributed by atoms with Gasteiger partial charge in [-0.25, -0.2) is 9.18 Å². The number of carbonyl (C=O) groups is 1. The summed E-state index contributed by atoms with van der Waals surface area (Å²) in [6.07, 6.45) is -0.0831. The molecule has 1 aromatic rings. The first-order valence-electron chi connectivity index (χ1n) is 6.59. The third-order valence-electron chi connectivity index (χ3n) is 3.22. The zero-order chi connectivity index (χ0) is 14.5. The highest BCUT2D eigenvalue weighted by atomic mass is 19.1. The first-order valence-corrected chi connectivity index (χ1v) is 6.59. The predicted molar refractivity (Wildman–Crippen MR) is 70.7 cm³/mol. The minimum absolute atomic E-state index is 0.0831. The number of carboxylic acids is 1. The molecule has 1 unspecified atom stereocenters. The summed E-state index contributed by atoms with van der Waals surface area (Å²) in [5.41, 5.74) is -0.125. The molecular weight excluding hydrogens is 265 g/mol. The van der Waals surface area contributed by atoms with Crippen LogP contribution in [0, 0.1) is 5.82 Å². The molecule has 1 aliphatic rings. The van der Waals surface area contributed by atoms with E-state index in [1.165, 1.54) is 12.1 Å². The van der Waals surface area contributed by atoms with Crippen LogP contribution < -0.4 is 4.74 Å². The van der Waals surface area contributed by atoms with E-state index in [0.717, 1.165) is 25.7 Å². The number of hydrogen-bond donors (Lipinski definition) is 1. The van der Waals surface area contributed by atoms with Gasteiger partial charge < -0.3 is 14.6 Å². The lowest BCUT2D eigenvalue weighted by molar-refractivity contribution is -0.0464. The van der Waals surface area contributed by atoms with Gasteiger partial charge >= 0.3 is 5.97 Å². The van der Waals surface area contributed by atoms with Crippen molar-refractivity contribution in [2.75, 3.05) is 32.8 Å². The minimum Gasteiger partial charge on any atom is -0.491 e. The van der Waals surface area contributed by atoms with E-state index >= 15 is 0 Å². The van der Waals surface area contributed by atoms with Gasteiger partial charge in [0.1, 0.15) is 24.3 Å². The van der Waals surface area contributed by atoms with Crippen LogP contribution in [0.5, 0.6) is 5.75 Å². The number of hydrogen-bond acceptors (Lipinski definition) is 4. The van der Waals surface area contributed by atoms with Crippen molar-refractivity contribution in [2.24, 2.45) is 0 Å². The summed E-state index contributed by atoms with van der Waals surface area (Å²) in [6, 6.07) is 3.45. The molecule has 110 valence electrons. The molecule has 1 atom stereocenters. The van der Waals surface area contributed by atoms with Crippen LogP contribution in [0.25, 0.3) is 0 Å². The highest BCUT2D eigenvalue weighted by Gasteiger charge is 2.20. The molecule has 0 amide bonds. The van der Waals surface area contributed by atoms with Crippen LogP contribution in [-0.4, -0.2) is 54.9 Å². The average molecular weight is 283 g/mol. The Bertz CT molecular complexity index is 480. The average Bonchev–Trinajstić information content (AvgIpc) is 2.44. The second-order valence-electron chi connectivity index (χ2n) is 4.68. The van der Waals surface area contributed by atoms with Gasteiger partial charge in [-0.2, -0.15) is 0 Å². The SMILES string of the molecule is CCN1CCOC(COc2cc(F)cc(C(=O)O)c2)C1. The Morgan fingerprint density at radius 1 is 1.55 bits per heavy atom. The Labute approximate surface area is 116 Å². The van der Waals surface area contributed by atoms with Crippen molar-refractivity contribution in [3.05, 3.63) is 29.6 Å². The first-order chi connectivity index (χ1) is 9.58. The van der Waals surface area contributed by atoms with Crippen molar-refractivity contribution in [1.82, 2.24) is 4.90 Å². The molecule has 0 aromatic heterocycles. The number of likely N-dealkylation sites (N-methyl/N-ethyl adjacent to an activating group) is 1. The molecule has 1 saturated heterocycles. The molecule has 1 aromatic carbocycles. The number of ether oxygens (including phenoxy) is 2. The first kappa shape index (κ1) is 14.7. The number of benzene rings is 1. The maximum Gasteiger partial charge on any atom is 0.335 e. The lowest BCUT2D eigenvalue weighted by Gasteiger charge is -2.31. The highest BCUT2D eigenvalue weighted by Crippen LogP contribution is 2.17. The van der Waals surface area contributed by atoms with E-state index in [4.69, 9.17) is 14.6 Å². The lowest BCUT2D eigenvalue weighted by atomic mass is 10.2. The van der Waals surface area contributed by atoms with Crippen molar-refractivity contribution in [3.63, 3.8) is 0 Å². The van der Waals surface area contributed by atoms with E-state index in [1.807, 2.05) is 0 Å². The summed E-state index contributed by atoms with van der Waals surface area (Å²) < 4.78 is 24.3. The minimum atomic E-state index is -1.18. The van der Waals surface area contributed by atoms with Crippen LogP contribution in [0.3, 0.4) is 0 Å². The van der Waals surface area contributed by atoms with Crippen LogP contribution in [0.2, 0.25) is 0 Å². The largest absolute Gasteiger partial charge is 0.491 e. The third kappa shape index (κ3) is 3.91. The maximum atomic E-state index is 13.3. The fraction of sp³-hybridized carbons (Fsp3) is 0.500. The van der Waals surface area contributed by atoms with Gasteiger partial charge in [0.2, 0.25) is 0 Å². The molecule has 0 radical (unpaired) electrons. The molecule has 0 spiro atoms. The molecule has 6 heteroatoms. The topological polar surface area (TPSA) is 59.0 Å². The number of halogens is 1. The van der Waals surface area contributed by atoms with Crippen LogP contribution in [0.15, 0.2) is 18.2 Å².